The highest BCUT2D eigenvalue weighted by atomic mass is 16.3. The third-order valence-electron chi connectivity index (χ3n) is 4.07. The molecular weight excluding hydrogens is 290 g/mol. The minimum absolute atomic E-state index is 0.234. The minimum Gasteiger partial charge on any atom is -0.507 e. The van der Waals surface area contributed by atoms with E-state index in [1.54, 1.807) is 19.1 Å². The molecule has 4 heteroatoms. The van der Waals surface area contributed by atoms with Gasteiger partial charge in [-0.25, -0.2) is 4.90 Å². The fraction of sp³-hybridized carbons (Fsp3) is 0.474. The molecular formula is C19H25NO3. The van der Waals surface area contributed by atoms with Gasteiger partial charge in [-0.2, -0.15) is 0 Å². The van der Waals surface area contributed by atoms with Crippen molar-refractivity contribution in [3.8, 4) is 5.75 Å². The first-order valence-corrected chi connectivity index (χ1v) is 7.78. The largest absolute Gasteiger partial charge is 0.507 e. The first-order valence-electron chi connectivity index (χ1n) is 7.78. The van der Waals surface area contributed by atoms with Crippen LogP contribution in [0.4, 0.5) is 5.69 Å². The van der Waals surface area contributed by atoms with Crippen molar-refractivity contribution in [1.29, 1.82) is 0 Å². The van der Waals surface area contributed by atoms with Crippen molar-refractivity contribution in [1.82, 2.24) is 0 Å². The van der Waals surface area contributed by atoms with Crippen LogP contribution in [0.1, 0.15) is 59.6 Å². The van der Waals surface area contributed by atoms with Crippen LogP contribution in [0.25, 0.3) is 0 Å². The summed E-state index contributed by atoms with van der Waals surface area (Å²) in [4.78, 5) is 25.6. The molecule has 0 saturated carbocycles. The van der Waals surface area contributed by atoms with Crippen LogP contribution in [0.2, 0.25) is 0 Å². The van der Waals surface area contributed by atoms with Gasteiger partial charge < -0.3 is 5.11 Å². The lowest BCUT2D eigenvalue weighted by molar-refractivity contribution is -0.120. The van der Waals surface area contributed by atoms with E-state index in [1.807, 2.05) is 41.5 Å². The molecule has 124 valence electrons. The van der Waals surface area contributed by atoms with Crippen molar-refractivity contribution >= 4 is 17.5 Å². The van der Waals surface area contributed by atoms with Gasteiger partial charge in [-0.3, -0.25) is 9.59 Å². The lowest BCUT2D eigenvalue weighted by Gasteiger charge is -2.29. The number of phenolic OH excluding ortho intramolecular Hbond substituents is 1. The van der Waals surface area contributed by atoms with Crippen molar-refractivity contribution in [2.45, 2.75) is 59.3 Å². The number of phenols is 1. The molecule has 1 aliphatic rings. The normalized spacial score (nSPS) is 16.1. The Morgan fingerprint density at radius 3 is 1.65 bits per heavy atom. The molecule has 1 aliphatic heterocycles. The summed E-state index contributed by atoms with van der Waals surface area (Å²) in [6.07, 6.45) is 1.35. The molecule has 0 unspecified atom stereocenters. The molecule has 2 rings (SSSR count). The van der Waals surface area contributed by atoms with Crippen LogP contribution < -0.4 is 4.90 Å². The Balaban J connectivity index is 2.72. The van der Waals surface area contributed by atoms with E-state index in [1.165, 1.54) is 11.0 Å². The highest BCUT2D eigenvalue weighted by molar-refractivity contribution is 6.30. The van der Waals surface area contributed by atoms with E-state index < -0.39 is 0 Å². The Bertz CT molecular complexity index is 680. The van der Waals surface area contributed by atoms with Gasteiger partial charge >= 0.3 is 0 Å². The van der Waals surface area contributed by atoms with E-state index in [-0.39, 0.29) is 28.4 Å². The fourth-order valence-electron chi connectivity index (χ4n) is 2.72. The standard InChI is InChI=1S/C19H25NO3/c1-11-8-15(21)20(17(11)23)12-9-13(18(2,3)4)16(22)14(10-12)19(5,6)7/h8-10,22H,1-7H3. The summed E-state index contributed by atoms with van der Waals surface area (Å²) in [5.74, 6) is -0.407. The van der Waals surface area contributed by atoms with Gasteiger partial charge in [-0.15, -0.1) is 0 Å². The van der Waals surface area contributed by atoms with Crippen LogP contribution in [0, 0.1) is 0 Å². The number of anilines is 1. The number of imide groups is 1. The number of benzene rings is 1. The van der Waals surface area contributed by atoms with E-state index in [0.717, 1.165) is 11.1 Å². The van der Waals surface area contributed by atoms with Crippen molar-refractivity contribution in [2.75, 3.05) is 4.90 Å². The second kappa shape index (κ2) is 5.22. The Labute approximate surface area is 137 Å². The van der Waals surface area contributed by atoms with Crippen LogP contribution in [-0.4, -0.2) is 16.9 Å². The molecule has 0 aromatic heterocycles. The number of hydrogen-bond acceptors (Lipinski definition) is 3. The zero-order valence-electron chi connectivity index (χ0n) is 14.9. The Morgan fingerprint density at radius 2 is 1.35 bits per heavy atom. The van der Waals surface area contributed by atoms with Crippen LogP contribution in [0.15, 0.2) is 23.8 Å². The van der Waals surface area contributed by atoms with Crippen LogP contribution in [0.5, 0.6) is 5.75 Å². The lowest BCUT2D eigenvalue weighted by Crippen LogP contribution is -2.31. The summed E-state index contributed by atoms with van der Waals surface area (Å²) in [5.41, 5.74) is 1.77. The van der Waals surface area contributed by atoms with Gasteiger partial charge in [0.15, 0.2) is 0 Å². The molecule has 4 nitrogen and oxygen atoms in total. The number of nitrogens with zero attached hydrogens (tertiary/aromatic N) is 1. The predicted octanol–water partition coefficient (Wildman–Crippen LogP) is 3.81. The highest BCUT2D eigenvalue weighted by Crippen LogP contribution is 2.42. The summed E-state index contributed by atoms with van der Waals surface area (Å²) in [6, 6.07) is 3.49. The minimum atomic E-state index is -0.335. The van der Waals surface area contributed by atoms with Gasteiger partial charge in [0.05, 0.1) is 5.69 Å². The number of carbonyl (C=O) groups is 2. The van der Waals surface area contributed by atoms with E-state index in [0.29, 0.717) is 11.3 Å². The molecule has 1 aromatic carbocycles. The number of hydrogen-bond donors (Lipinski definition) is 1. The van der Waals surface area contributed by atoms with Crippen molar-refractivity contribution in [3.05, 3.63) is 34.9 Å². The fourth-order valence-corrected chi connectivity index (χ4v) is 2.72. The average molecular weight is 315 g/mol. The monoisotopic (exact) mass is 315 g/mol. The maximum absolute atomic E-state index is 12.3. The quantitative estimate of drug-likeness (QED) is 0.802. The van der Waals surface area contributed by atoms with Crippen LogP contribution in [-0.2, 0) is 20.4 Å². The maximum atomic E-state index is 12.3. The average Bonchev–Trinajstić information content (AvgIpc) is 2.61. The zero-order valence-corrected chi connectivity index (χ0v) is 14.9. The lowest BCUT2D eigenvalue weighted by atomic mass is 9.79. The van der Waals surface area contributed by atoms with Gasteiger partial charge in [0.25, 0.3) is 11.8 Å². The molecule has 23 heavy (non-hydrogen) atoms. The molecule has 0 fully saturated rings. The Kier molecular flexibility index (Phi) is 3.92. The summed E-state index contributed by atoms with van der Waals surface area (Å²) < 4.78 is 0. The highest BCUT2D eigenvalue weighted by Gasteiger charge is 2.33. The number of amides is 2. The molecule has 0 atom stereocenters. The Morgan fingerprint density at radius 1 is 0.913 bits per heavy atom. The van der Waals surface area contributed by atoms with Gasteiger partial charge in [0, 0.05) is 22.8 Å². The molecule has 0 radical (unpaired) electrons. The topological polar surface area (TPSA) is 57.6 Å². The van der Waals surface area contributed by atoms with Crippen molar-refractivity contribution in [3.63, 3.8) is 0 Å². The van der Waals surface area contributed by atoms with Crippen LogP contribution >= 0.6 is 0 Å². The van der Waals surface area contributed by atoms with E-state index >= 15 is 0 Å². The molecule has 0 bridgehead atoms. The first kappa shape index (κ1) is 17.3. The molecule has 0 saturated heterocycles. The molecule has 1 aromatic rings. The summed E-state index contributed by atoms with van der Waals surface area (Å²) in [6.45, 7) is 13.6. The Hall–Kier alpha value is -2.10. The molecule has 0 spiro atoms. The zero-order chi connectivity index (χ0) is 17.7. The molecule has 1 N–H and O–H groups in total. The summed E-state index contributed by atoms with van der Waals surface area (Å²) in [5, 5.41) is 10.7. The third kappa shape index (κ3) is 3.03. The van der Waals surface area contributed by atoms with Gasteiger partial charge in [-0.1, -0.05) is 41.5 Å². The molecule has 2 amide bonds. The van der Waals surface area contributed by atoms with Crippen molar-refractivity contribution < 1.29 is 14.7 Å². The number of rotatable bonds is 1. The second-order valence-electron chi connectivity index (χ2n) is 8.20. The third-order valence-corrected chi connectivity index (χ3v) is 4.07. The smallest absolute Gasteiger partial charge is 0.261 e. The summed E-state index contributed by atoms with van der Waals surface area (Å²) in [7, 11) is 0. The second-order valence-corrected chi connectivity index (χ2v) is 8.20. The maximum Gasteiger partial charge on any atom is 0.261 e. The molecule has 1 heterocycles. The number of carbonyl (C=O) groups excluding carboxylic acids is 2. The first-order chi connectivity index (χ1) is 10.3. The van der Waals surface area contributed by atoms with Gasteiger partial charge in [-0.05, 0) is 29.9 Å². The van der Waals surface area contributed by atoms with E-state index in [9.17, 15) is 14.7 Å². The van der Waals surface area contributed by atoms with E-state index in [2.05, 4.69) is 0 Å². The molecule has 0 aliphatic carbocycles. The van der Waals surface area contributed by atoms with Gasteiger partial charge in [0.1, 0.15) is 5.75 Å². The SMILES string of the molecule is CC1=CC(=O)N(c2cc(C(C)(C)C)c(O)c(C(C)(C)C)c2)C1=O. The number of aromatic hydroxyl groups is 1. The summed E-state index contributed by atoms with van der Waals surface area (Å²) >= 11 is 0. The van der Waals surface area contributed by atoms with E-state index in [4.69, 9.17) is 0 Å². The van der Waals surface area contributed by atoms with Crippen LogP contribution in [0.3, 0.4) is 0 Å². The van der Waals surface area contributed by atoms with Gasteiger partial charge in [0.2, 0.25) is 0 Å². The van der Waals surface area contributed by atoms with Crippen molar-refractivity contribution in [2.24, 2.45) is 0 Å². The predicted molar refractivity (Wildman–Crippen MR) is 91.8 cm³/mol.